The summed E-state index contributed by atoms with van der Waals surface area (Å²) in [6.07, 6.45) is 1.51. The zero-order valence-corrected chi connectivity index (χ0v) is 22.4. The molecular formula is C27H21BrF2N2O5S. The first-order chi connectivity index (χ1) is 18.2. The van der Waals surface area contributed by atoms with Gasteiger partial charge in [0.25, 0.3) is 11.1 Å². The van der Waals surface area contributed by atoms with E-state index in [-0.39, 0.29) is 17.3 Å². The smallest absolute Gasteiger partial charge is 0.294 e. The van der Waals surface area contributed by atoms with E-state index in [0.717, 1.165) is 4.90 Å². The number of carbonyl (C=O) groups is 3. The molecule has 0 bridgehead atoms. The maximum atomic E-state index is 14.0. The summed E-state index contributed by atoms with van der Waals surface area (Å²) in [6, 6.07) is 14.7. The average molecular weight is 603 g/mol. The third-order valence-corrected chi connectivity index (χ3v) is 6.89. The first-order valence-corrected chi connectivity index (χ1v) is 13.0. The van der Waals surface area contributed by atoms with Crippen LogP contribution in [0.2, 0.25) is 0 Å². The van der Waals surface area contributed by atoms with Crippen LogP contribution in [0, 0.1) is 11.6 Å². The van der Waals surface area contributed by atoms with Gasteiger partial charge in [-0.25, -0.2) is 8.78 Å². The van der Waals surface area contributed by atoms with Gasteiger partial charge in [0, 0.05) is 15.7 Å². The van der Waals surface area contributed by atoms with Gasteiger partial charge in [-0.05, 0) is 72.8 Å². The molecule has 0 saturated carbocycles. The summed E-state index contributed by atoms with van der Waals surface area (Å²) in [5.74, 6) is -1.33. The molecule has 1 aliphatic heterocycles. The summed E-state index contributed by atoms with van der Waals surface area (Å²) < 4.78 is 39.1. The minimum atomic E-state index is -0.626. The average Bonchev–Trinajstić information content (AvgIpc) is 3.14. The molecule has 4 rings (SSSR count). The third-order valence-electron chi connectivity index (χ3n) is 5.29. The van der Waals surface area contributed by atoms with E-state index in [2.05, 4.69) is 21.2 Å². The Balaban J connectivity index is 1.49. The number of carbonyl (C=O) groups excluding carboxylic acids is 3. The molecule has 196 valence electrons. The minimum absolute atomic E-state index is 0.0165. The number of anilines is 1. The highest BCUT2D eigenvalue weighted by molar-refractivity contribution is 9.10. The lowest BCUT2D eigenvalue weighted by Crippen LogP contribution is -2.36. The predicted molar refractivity (Wildman–Crippen MR) is 144 cm³/mol. The number of ether oxygens (including phenoxy) is 2. The van der Waals surface area contributed by atoms with E-state index in [1.807, 2.05) is 0 Å². The number of nitrogens with zero attached hydrogens (tertiary/aromatic N) is 1. The molecule has 3 aromatic carbocycles. The fraction of sp³-hybridized carbons (Fsp3) is 0.148. The van der Waals surface area contributed by atoms with E-state index < -0.39 is 29.4 Å². The molecule has 0 atom stereocenters. The van der Waals surface area contributed by atoms with Crippen molar-refractivity contribution in [2.75, 3.05) is 18.5 Å². The maximum Gasteiger partial charge on any atom is 0.294 e. The summed E-state index contributed by atoms with van der Waals surface area (Å²) in [6.45, 7) is 1.62. The number of hydrogen-bond acceptors (Lipinski definition) is 6. The molecule has 1 fully saturated rings. The van der Waals surface area contributed by atoms with Gasteiger partial charge in [-0.2, -0.15) is 0 Å². The van der Waals surface area contributed by atoms with Crippen LogP contribution >= 0.6 is 27.7 Å². The Bertz CT molecular complexity index is 1420. The van der Waals surface area contributed by atoms with Crippen LogP contribution < -0.4 is 14.8 Å². The van der Waals surface area contributed by atoms with Crippen LogP contribution in [0.1, 0.15) is 18.1 Å². The quantitative estimate of drug-likeness (QED) is 0.286. The summed E-state index contributed by atoms with van der Waals surface area (Å²) in [5, 5.41) is 1.93. The molecule has 7 nitrogen and oxygen atoms in total. The molecule has 0 aromatic heterocycles. The molecule has 11 heteroatoms. The fourth-order valence-electron chi connectivity index (χ4n) is 3.47. The molecule has 1 aliphatic rings. The van der Waals surface area contributed by atoms with Gasteiger partial charge in [-0.15, -0.1) is 0 Å². The standard InChI is InChI=1S/C27H21BrF2N2O5S/c1-2-36-22-11-17(20(28)13-23(22)37-15-16-5-3-4-6-21(16)30)12-24-26(34)32(27(35)38-24)14-25(33)31-19-9-7-18(29)8-10-19/h3-13H,2,14-15H2,1H3,(H,31,33)/b24-12-. The number of rotatable bonds is 9. The van der Waals surface area contributed by atoms with Gasteiger partial charge >= 0.3 is 0 Å². The lowest BCUT2D eigenvalue weighted by Gasteiger charge is -2.14. The Hall–Kier alpha value is -3.70. The first kappa shape index (κ1) is 27.3. The monoisotopic (exact) mass is 602 g/mol. The molecule has 0 unspecified atom stereocenters. The number of halogens is 3. The molecule has 0 radical (unpaired) electrons. The second kappa shape index (κ2) is 12.2. The van der Waals surface area contributed by atoms with Crippen LogP contribution in [0.3, 0.4) is 0 Å². The van der Waals surface area contributed by atoms with Crippen molar-refractivity contribution in [3.8, 4) is 11.5 Å². The molecule has 3 aromatic rings. The van der Waals surface area contributed by atoms with Gasteiger partial charge in [0.15, 0.2) is 11.5 Å². The molecule has 1 N–H and O–H groups in total. The van der Waals surface area contributed by atoms with Crippen LogP contribution in [-0.4, -0.2) is 35.1 Å². The fourth-order valence-corrected chi connectivity index (χ4v) is 4.73. The van der Waals surface area contributed by atoms with Gasteiger partial charge in [-0.1, -0.05) is 34.1 Å². The zero-order chi connectivity index (χ0) is 27.2. The third kappa shape index (κ3) is 6.59. The second-order valence-corrected chi connectivity index (χ2v) is 9.80. The van der Waals surface area contributed by atoms with Crippen LogP contribution in [0.25, 0.3) is 6.08 Å². The van der Waals surface area contributed by atoms with Gasteiger partial charge in [0.1, 0.15) is 24.8 Å². The van der Waals surface area contributed by atoms with Crippen LogP contribution in [-0.2, 0) is 16.2 Å². The molecule has 1 heterocycles. The number of amides is 3. The largest absolute Gasteiger partial charge is 0.490 e. The Morgan fingerprint density at radius 3 is 2.47 bits per heavy atom. The van der Waals surface area contributed by atoms with E-state index in [0.29, 0.717) is 51.2 Å². The molecule has 0 spiro atoms. The normalized spacial score (nSPS) is 14.2. The lowest BCUT2D eigenvalue weighted by atomic mass is 10.1. The Morgan fingerprint density at radius 1 is 1.05 bits per heavy atom. The van der Waals surface area contributed by atoms with E-state index in [1.165, 1.54) is 36.4 Å². The Morgan fingerprint density at radius 2 is 1.76 bits per heavy atom. The minimum Gasteiger partial charge on any atom is -0.490 e. The van der Waals surface area contributed by atoms with E-state index in [9.17, 15) is 23.2 Å². The Kier molecular flexibility index (Phi) is 8.80. The SMILES string of the molecule is CCOc1cc(/C=C2\SC(=O)N(CC(=O)Nc3ccc(F)cc3)C2=O)c(Br)cc1OCc1ccccc1F. The zero-order valence-electron chi connectivity index (χ0n) is 20.0. The highest BCUT2D eigenvalue weighted by Crippen LogP contribution is 2.38. The topological polar surface area (TPSA) is 84.9 Å². The van der Waals surface area contributed by atoms with Crippen molar-refractivity contribution in [2.24, 2.45) is 0 Å². The Labute approximate surface area is 229 Å². The number of hydrogen-bond donors (Lipinski definition) is 1. The van der Waals surface area contributed by atoms with E-state index in [1.54, 1.807) is 37.3 Å². The van der Waals surface area contributed by atoms with Crippen molar-refractivity contribution in [1.29, 1.82) is 0 Å². The lowest BCUT2D eigenvalue weighted by molar-refractivity contribution is -0.127. The van der Waals surface area contributed by atoms with Crippen molar-refractivity contribution in [1.82, 2.24) is 4.90 Å². The van der Waals surface area contributed by atoms with Gasteiger partial charge in [0.2, 0.25) is 5.91 Å². The molecule has 38 heavy (non-hydrogen) atoms. The predicted octanol–water partition coefficient (Wildman–Crippen LogP) is 6.38. The number of imide groups is 1. The maximum absolute atomic E-state index is 14.0. The van der Waals surface area contributed by atoms with Crippen molar-refractivity contribution in [3.63, 3.8) is 0 Å². The summed E-state index contributed by atoms with van der Waals surface area (Å²) in [5.41, 5.74) is 1.25. The molecule has 0 aliphatic carbocycles. The van der Waals surface area contributed by atoms with E-state index >= 15 is 0 Å². The number of nitrogens with one attached hydrogen (secondary N) is 1. The van der Waals surface area contributed by atoms with Gasteiger partial charge < -0.3 is 14.8 Å². The van der Waals surface area contributed by atoms with Gasteiger partial charge in [0.05, 0.1) is 11.5 Å². The highest BCUT2D eigenvalue weighted by atomic mass is 79.9. The van der Waals surface area contributed by atoms with Crippen LogP contribution in [0.4, 0.5) is 19.3 Å². The molecule has 3 amide bonds. The molecular weight excluding hydrogens is 582 g/mol. The van der Waals surface area contributed by atoms with Crippen molar-refractivity contribution < 1.29 is 32.6 Å². The van der Waals surface area contributed by atoms with Crippen molar-refractivity contribution in [3.05, 3.63) is 92.8 Å². The second-order valence-electron chi connectivity index (χ2n) is 7.96. The number of benzene rings is 3. The van der Waals surface area contributed by atoms with Crippen molar-refractivity contribution in [2.45, 2.75) is 13.5 Å². The number of thioether (sulfide) groups is 1. The van der Waals surface area contributed by atoms with Gasteiger partial charge in [-0.3, -0.25) is 19.3 Å². The summed E-state index contributed by atoms with van der Waals surface area (Å²) in [7, 11) is 0. The summed E-state index contributed by atoms with van der Waals surface area (Å²) >= 11 is 4.15. The van der Waals surface area contributed by atoms with E-state index in [4.69, 9.17) is 9.47 Å². The van der Waals surface area contributed by atoms with Crippen LogP contribution in [0.15, 0.2) is 70.0 Å². The van der Waals surface area contributed by atoms with Crippen molar-refractivity contribution >= 4 is 56.5 Å². The molecule has 1 saturated heterocycles. The first-order valence-electron chi connectivity index (χ1n) is 11.4. The highest BCUT2D eigenvalue weighted by Gasteiger charge is 2.36. The summed E-state index contributed by atoms with van der Waals surface area (Å²) in [4.78, 5) is 38.7. The van der Waals surface area contributed by atoms with Crippen LogP contribution in [0.5, 0.6) is 11.5 Å².